The van der Waals surface area contributed by atoms with Crippen molar-refractivity contribution < 1.29 is 0 Å². The molecular formula is C10H15Br2ClN2. The van der Waals surface area contributed by atoms with E-state index in [1.165, 1.54) is 0 Å². The predicted molar refractivity (Wildman–Crippen MR) is 74.3 cm³/mol. The van der Waals surface area contributed by atoms with Gasteiger partial charge >= 0.3 is 0 Å². The van der Waals surface area contributed by atoms with Gasteiger partial charge in [-0.15, -0.1) is 12.4 Å². The average Bonchev–Trinajstić information content (AvgIpc) is 2.12. The first-order valence-electron chi connectivity index (χ1n) is 4.55. The van der Waals surface area contributed by atoms with Crippen LogP contribution >= 0.6 is 44.3 Å². The zero-order valence-corrected chi connectivity index (χ0v) is 12.2. The van der Waals surface area contributed by atoms with Crippen LogP contribution in [0, 0.1) is 0 Å². The van der Waals surface area contributed by atoms with E-state index in [2.05, 4.69) is 31.9 Å². The SMILES string of the molecule is Cl.NCCC[C@@H](N)c1cc(Br)cc(Br)c1. The van der Waals surface area contributed by atoms with Crippen LogP contribution in [-0.2, 0) is 0 Å². The molecule has 0 heterocycles. The van der Waals surface area contributed by atoms with Crippen molar-refractivity contribution in [2.45, 2.75) is 18.9 Å². The largest absolute Gasteiger partial charge is 0.330 e. The molecule has 0 aliphatic rings. The summed E-state index contributed by atoms with van der Waals surface area (Å²) in [5.41, 5.74) is 12.6. The highest BCUT2D eigenvalue weighted by atomic mass is 79.9. The average molecular weight is 359 g/mol. The molecule has 5 heteroatoms. The predicted octanol–water partition coefficient (Wildman–Crippen LogP) is 3.37. The zero-order valence-electron chi connectivity index (χ0n) is 8.25. The van der Waals surface area contributed by atoms with Gasteiger partial charge in [-0.25, -0.2) is 0 Å². The first-order valence-corrected chi connectivity index (χ1v) is 6.13. The Labute approximate surface area is 113 Å². The molecule has 1 aromatic rings. The molecule has 1 rings (SSSR count). The van der Waals surface area contributed by atoms with Gasteiger partial charge in [0.05, 0.1) is 0 Å². The molecule has 15 heavy (non-hydrogen) atoms. The molecule has 0 spiro atoms. The topological polar surface area (TPSA) is 52.0 Å². The summed E-state index contributed by atoms with van der Waals surface area (Å²) in [5, 5.41) is 0. The summed E-state index contributed by atoms with van der Waals surface area (Å²) in [6, 6.07) is 6.17. The van der Waals surface area contributed by atoms with Crippen molar-refractivity contribution in [1.82, 2.24) is 0 Å². The molecular weight excluding hydrogens is 343 g/mol. The standard InChI is InChI=1S/C10H14Br2N2.ClH/c11-8-4-7(5-9(12)6-8)10(14)2-1-3-13;/h4-6,10H,1-3,13-14H2;1H/t10-;/m1./s1. The smallest absolute Gasteiger partial charge is 0.0296 e. The molecule has 86 valence electrons. The maximum atomic E-state index is 6.02. The minimum absolute atomic E-state index is 0. The fraction of sp³-hybridized carbons (Fsp3) is 0.400. The normalized spacial score (nSPS) is 12.0. The van der Waals surface area contributed by atoms with E-state index < -0.39 is 0 Å². The number of hydrogen-bond acceptors (Lipinski definition) is 2. The van der Waals surface area contributed by atoms with Crippen LogP contribution in [0.1, 0.15) is 24.4 Å². The van der Waals surface area contributed by atoms with Gasteiger partial charge < -0.3 is 11.5 Å². The lowest BCUT2D eigenvalue weighted by atomic mass is 10.0. The van der Waals surface area contributed by atoms with Crippen LogP contribution in [0.3, 0.4) is 0 Å². The minimum atomic E-state index is 0. The first-order chi connectivity index (χ1) is 6.63. The Morgan fingerprint density at radius 1 is 1.13 bits per heavy atom. The summed E-state index contributed by atoms with van der Waals surface area (Å²) in [4.78, 5) is 0. The van der Waals surface area contributed by atoms with E-state index in [0.29, 0.717) is 6.54 Å². The van der Waals surface area contributed by atoms with Crippen LogP contribution in [-0.4, -0.2) is 6.54 Å². The van der Waals surface area contributed by atoms with Crippen molar-refractivity contribution in [3.05, 3.63) is 32.7 Å². The molecule has 0 aliphatic heterocycles. The first kappa shape index (κ1) is 15.4. The zero-order chi connectivity index (χ0) is 10.6. The molecule has 1 atom stereocenters. The van der Waals surface area contributed by atoms with E-state index in [-0.39, 0.29) is 18.4 Å². The van der Waals surface area contributed by atoms with E-state index in [4.69, 9.17) is 11.5 Å². The highest BCUT2D eigenvalue weighted by Gasteiger charge is 2.06. The van der Waals surface area contributed by atoms with Crippen molar-refractivity contribution in [2.75, 3.05) is 6.54 Å². The Hall–Kier alpha value is 0.390. The number of halogens is 3. The van der Waals surface area contributed by atoms with Gasteiger partial charge in [-0.2, -0.15) is 0 Å². The van der Waals surface area contributed by atoms with E-state index >= 15 is 0 Å². The van der Waals surface area contributed by atoms with Gasteiger partial charge in [-0.3, -0.25) is 0 Å². The summed E-state index contributed by atoms with van der Waals surface area (Å²) in [6.07, 6.45) is 1.89. The van der Waals surface area contributed by atoms with Crippen molar-refractivity contribution >= 4 is 44.3 Å². The van der Waals surface area contributed by atoms with Gasteiger partial charge in [0.1, 0.15) is 0 Å². The second-order valence-electron chi connectivity index (χ2n) is 3.24. The number of rotatable bonds is 4. The molecule has 0 saturated carbocycles. The molecule has 0 aliphatic carbocycles. The fourth-order valence-electron chi connectivity index (χ4n) is 1.29. The number of hydrogen-bond donors (Lipinski definition) is 2. The molecule has 0 unspecified atom stereocenters. The van der Waals surface area contributed by atoms with Crippen LogP contribution in [0.2, 0.25) is 0 Å². The van der Waals surface area contributed by atoms with Crippen LogP contribution < -0.4 is 11.5 Å². The van der Waals surface area contributed by atoms with Gasteiger partial charge in [-0.05, 0) is 43.1 Å². The molecule has 0 amide bonds. The van der Waals surface area contributed by atoms with E-state index in [1.54, 1.807) is 0 Å². The third-order valence-electron chi connectivity index (χ3n) is 2.03. The molecule has 0 aromatic heterocycles. The Balaban J connectivity index is 0.00000196. The lowest BCUT2D eigenvalue weighted by Gasteiger charge is -2.12. The highest BCUT2D eigenvalue weighted by molar-refractivity contribution is 9.11. The molecule has 1 aromatic carbocycles. The maximum absolute atomic E-state index is 6.02. The van der Waals surface area contributed by atoms with E-state index in [1.807, 2.05) is 18.2 Å². The summed E-state index contributed by atoms with van der Waals surface area (Å²) in [6.45, 7) is 0.697. The fourth-order valence-corrected chi connectivity index (χ4v) is 2.62. The lowest BCUT2D eigenvalue weighted by Crippen LogP contribution is -2.12. The summed E-state index contributed by atoms with van der Waals surface area (Å²) < 4.78 is 2.09. The van der Waals surface area contributed by atoms with Gasteiger partial charge in [0.2, 0.25) is 0 Å². The summed E-state index contributed by atoms with van der Waals surface area (Å²) in [7, 11) is 0. The summed E-state index contributed by atoms with van der Waals surface area (Å²) >= 11 is 6.88. The Morgan fingerprint density at radius 2 is 1.67 bits per heavy atom. The van der Waals surface area contributed by atoms with Crippen molar-refractivity contribution in [3.63, 3.8) is 0 Å². The summed E-state index contributed by atoms with van der Waals surface area (Å²) in [5.74, 6) is 0. The van der Waals surface area contributed by atoms with Gasteiger partial charge in [0.25, 0.3) is 0 Å². The lowest BCUT2D eigenvalue weighted by molar-refractivity contribution is 0.617. The molecule has 0 radical (unpaired) electrons. The van der Waals surface area contributed by atoms with Crippen molar-refractivity contribution in [1.29, 1.82) is 0 Å². The van der Waals surface area contributed by atoms with Crippen molar-refractivity contribution in [2.24, 2.45) is 11.5 Å². The van der Waals surface area contributed by atoms with Crippen LogP contribution in [0.15, 0.2) is 27.1 Å². The monoisotopic (exact) mass is 356 g/mol. The third kappa shape index (κ3) is 5.31. The number of benzene rings is 1. The van der Waals surface area contributed by atoms with Crippen molar-refractivity contribution in [3.8, 4) is 0 Å². The van der Waals surface area contributed by atoms with Crippen LogP contribution in [0.25, 0.3) is 0 Å². The molecule has 0 saturated heterocycles. The third-order valence-corrected chi connectivity index (χ3v) is 2.95. The second kappa shape index (κ2) is 7.63. The van der Waals surface area contributed by atoms with Gasteiger partial charge in [0.15, 0.2) is 0 Å². The Bertz CT molecular complexity index is 287. The van der Waals surface area contributed by atoms with Crippen LogP contribution in [0.5, 0.6) is 0 Å². The highest BCUT2D eigenvalue weighted by Crippen LogP contribution is 2.24. The van der Waals surface area contributed by atoms with Crippen LogP contribution in [0.4, 0.5) is 0 Å². The molecule has 0 fully saturated rings. The quantitative estimate of drug-likeness (QED) is 0.867. The van der Waals surface area contributed by atoms with Gasteiger partial charge in [0, 0.05) is 15.0 Å². The molecule has 2 nitrogen and oxygen atoms in total. The Kier molecular flexibility index (Phi) is 7.83. The minimum Gasteiger partial charge on any atom is -0.330 e. The molecule has 4 N–H and O–H groups in total. The second-order valence-corrected chi connectivity index (χ2v) is 5.07. The van der Waals surface area contributed by atoms with Gasteiger partial charge in [-0.1, -0.05) is 31.9 Å². The maximum Gasteiger partial charge on any atom is 0.0296 e. The Morgan fingerprint density at radius 3 is 2.13 bits per heavy atom. The van der Waals surface area contributed by atoms with E-state index in [9.17, 15) is 0 Å². The number of nitrogens with two attached hydrogens (primary N) is 2. The van der Waals surface area contributed by atoms with E-state index in [0.717, 1.165) is 27.4 Å². The molecule has 0 bridgehead atoms.